The summed E-state index contributed by atoms with van der Waals surface area (Å²) >= 11 is 0. The smallest absolute Gasteiger partial charge is 0.271 e. The van der Waals surface area contributed by atoms with Crippen molar-refractivity contribution in [1.82, 2.24) is 10.4 Å². The van der Waals surface area contributed by atoms with E-state index in [0.717, 1.165) is 5.69 Å². The summed E-state index contributed by atoms with van der Waals surface area (Å²) in [5, 5.41) is 13.4. The van der Waals surface area contributed by atoms with Crippen LogP contribution in [-0.4, -0.2) is 29.3 Å². The lowest BCUT2D eigenvalue weighted by atomic mass is 10.1. The van der Waals surface area contributed by atoms with Gasteiger partial charge < -0.3 is 9.84 Å². The number of ether oxygens (including phenoxy) is 1. The van der Waals surface area contributed by atoms with Crippen LogP contribution in [0.15, 0.2) is 41.6 Å². The molecule has 2 aromatic rings. The van der Waals surface area contributed by atoms with Gasteiger partial charge in [0, 0.05) is 17.5 Å². The van der Waals surface area contributed by atoms with Crippen LogP contribution in [0.4, 0.5) is 0 Å². The molecule has 0 aliphatic heterocycles. The van der Waals surface area contributed by atoms with Gasteiger partial charge in [-0.15, -0.1) is 0 Å². The summed E-state index contributed by atoms with van der Waals surface area (Å²) in [5.74, 6) is 0.328. The molecular weight excluding hydrogens is 294 g/mol. The van der Waals surface area contributed by atoms with Crippen LogP contribution in [0.5, 0.6) is 11.5 Å². The Balaban J connectivity index is 2.05. The number of nitrogens with one attached hydrogen (secondary N) is 1. The minimum absolute atomic E-state index is 0.0479. The first-order chi connectivity index (χ1) is 11.0. The van der Waals surface area contributed by atoms with Gasteiger partial charge in [0.25, 0.3) is 5.91 Å². The second-order valence-electron chi connectivity index (χ2n) is 5.25. The van der Waals surface area contributed by atoms with E-state index in [1.165, 1.54) is 19.4 Å². The molecule has 1 amide bonds. The van der Waals surface area contributed by atoms with Gasteiger partial charge in [0.05, 0.1) is 13.3 Å². The van der Waals surface area contributed by atoms with Gasteiger partial charge in [0.15, 0.2) is 11.5 Å². The minimum atomic E-state index is -0.309. The summed E-state index contributed by atoms with van der Waals surface area (Å²) in [6, 6.07) is 8.17. The Bertz CT molecular complexity index is 727. The van der Waals surface area contributed by atoms with E-state index in [0.29, 0.717) is 16.9 Å². The molecule has 0 aliphatic carbocycles. The topological polar surface area (TPSA) is 83.8 Å². The van der Waals surface area contributed by atoms with Crippen molar-refractivity contribution in [2.75, 3.05) is 7.11 Å². The average molecular weight is 313 g/mol. The Morgan fingerprint density at radius 3 is 2.83 bits per heavy atom. The summed E-state index contributed by atoms with van der Waals surface area (Å²) in [5.41, 5.74) is 4.51. The molecule has 1 aromatic carbocycles. The van der Waals surface area contributed by atoms with Gasteiger partial charge in [-0.05, 0) is 41.8 Å². The lowest BCUT2D eigenvalue weighted by Gasteiger charge is -2.06. The Hall–Kier alpha value is -2.89. The Kier molecular flexibility index (Phi) is 5.30. The molecule has 0 aliphatic rings. The summed E-state index contributed by atoms with van der Waals surface area (Å²) in [4.78, 5) is 16.3. The number of carbonyl (C=O) groups is 1. The summed E-state index contributed by atoms with van der Waals surface area (Å²) < 4.78 is 5.01. The number of pyridine rings is 1. The quantitative estimate of drug-likeness (QED) is 0.656. The third-order valence-corrected chi connectivity index (χ3v) is 3.22. The monoisotopic (exact) mass is 313 g/mol. The number of methoxy groups -OCH3 is 1. The van der Waals surface area contributed by atoms with Gasteiger partial charge in [-0.2, -0.15) is 5.10 Å². The zero-order chi connectivity index (χ0) is 16.8. The normalized spacial score (nSPS) is 11.0. The van der Waals surface area contributed by atoms with Crippen LogP contribution in [0.1, 0.15) is 41.4 Å². The maximum atomic E-state index is 12.1. The zero-order valence-corrected chi connectivity index (χ0v) is 13.3. The van der Waals surface area contributed by atoms with Crippen LogP contribution in [0, 0.1) is 0 Å². The van der Waals surface area contributed by atoms with Crippen molar-refractivity contribution in [2.45, 2.75) is 19.8 Å². The molecule has 0 saturated heterocycles. The van der Waals surface area contributed by atoms with Crippen molar-refractivity contribution in [3.63, 3.8) is 0 Å². The van der Waals surface area contributed by atoms with E-state index in [4.69, 9.17) is 4.74 Å². The fourth-order valence-corrected chi connectivity index (χ4v) is 1.91. The standard InChI is InChI=1S/C17H19N3O3/c1-11(2)14-9-13(6-7-18-14)17(22)20-19-10-12-4-5-15(21)16(8-12)23-3/h4-11,21H,1-3H3,(H,20,22)/b19-10+. The van der Waals surface area contributed by atoms with Gasteiger partial charge in [-0.25, -0.2) is 5.43 Å². The number of amides is 1. The van der Waals surface area contributed by atoms with E-state index in [2.05, 4.69) is 15.5 Å². The van der Waals surface area contributed by atoms with Crippen molar-refractivity contribution < 1.29 is 14.6 Å². The number of nitrogens with zero attached hydrogens (tertiary/aromatic N) is 2. The van der Waals surface area contributed by atoms with Crippen molar-refractivity contribution >= 4 is 12.1 Å². The lowest BCUT2D eigenvalue weighted by molar-refractivity contribution is 0.0955. The van der Waals surface area contributed by atoms with Crippen molar-refractivity contribution in [3.05, 3.63) is 53.3 Å². The number of carbonyl (C=O) groups excluding carboxylic acids is 1. The number of aromatic hydroxyl groups is 1. The highest BCUT2D eigenvalue weighted by atomic mass is 16.5. The van der Waals surface area contributed by atoms with Crippen molar-refractivity contribution in [2.24, 2.45) is 5.10 Å². The Morgan fingerprint density at radius 2 is 2.13 bits per heavy atom. The Morgan fingerprint density at radius 1 is 1.35 bits per heavy atom. The van der Waals surface area contributed by atoms with E-state index >= 15 is 0 Å². The van der Waals surface area contributed by atoms with Gasteiger partial charge in [-0.3, -0.25) is 9.78 Å². The highest BCUT2D eigenvalue weighted by molar-refractivity contribution is 5.94. The van der Waals surface area contributed by atoms with Crippen LogP contribution < -0.4 is 10.2 Å². The number of rotatable bonds is 5. The predicted octanol–water partition coefficient (Wildman–Crippen LogP) is 2.68. The van der Waals surface area contributed by atoms with Crippen molar-refractivity contribution in [3.8, 4) is 11.5 Å². The molecular formula is C17H19N3O3. The summed E-state index contributed by atoms with van der Waals surface area (Å²) in [6.07, 6.45) is 3.09. The summed E-state index contributed by atoms with van der Waals surface area (Å²) in [6.45, 7) is 4.03. The number of phenolic OH excluding ortho intramolecular Hbond substituents is 1. The molecule has 0 fully saturated rings. The third-order valence-electron chi connectivity index (χ3n) is 3.22. The molecule has 120 valence electrons. The highest BCUT2D eigenvalue weighted by Gasteiger charge is 2.08. The first-order valence-corrected chi connectivity index (χ1v) is 7.17. The molecule has 0 saturated carbocycles. The van der Waals surface area contributed by atoms with Gasteiger partial charge >= 0.3 is 0 Å². The molecule has 6 heteroatoms. The second-order valence-corrected chi connectivity index (χ2v) is 5.25. The van der Waals surface area contributed by atoms with Crippen LogP contribution in [-0.2, 0) is 0 Å². The average Bonchev–Trinajstić information content (AvgIpc) is 2.56. The minimum Gasteiger partial charge on any atom is -0.504 e. The molecule has 1 heterocycles. The van der Waals surface area contributed by atoms with E-state index in [9.17, 15) is 9.90 Å². The lowest BCUT2D eigenvalue weighted by Crippen LogP contribution is -2.18. The second kappa shape index (κ2) is 7.40. The fraction of sp³-hybridized carbons (Fsp3) is 0.235. The largest absolute Gasteiger partial charge is 0.504 e. The molecule has 23 heavy (non-hydrogen) atoms. The molecule has 2 N–H and O–H groups in total. The molecule has 0 radical (unpaired) electrons. The number of hydrogen-bond acceptors (Lipinski definition) is 5. The molecule has 0 atom stereocenters. The SMILES string of the molecule is COc1cc(/C=N/NC(=O)c2ccnc(C(C)C)c2)ccc1O. The maximum Gasteiger partial charge on any atom is 0.271 e. The fourth-order valence-electron chi connectivity index (χ4n) is 1.91. The molecule has 0 unspecified atom stereocenters. The molecule has 0 spiro atoms. The van der Waals surface area contributed by atoms with Crippen LogP contribution in [0.25, 0.3) is 0 Å². The van der Waals surface area contributed by atoms with Crippen LogP contribution >= 0.6 is 0 Å². The third kappa shape index (κ3) is 4.29. The maximum absolute atomic E-state index is 12.1. The number of phenols is 1. The highest BCUT2D eigenvalue weighted by Crippen LogP contribution is 2.25. The van der Waals surface area contributed by atoms with Gasteiger partial charge in [-0.1, -0.05) is 13.8 Å². The molecule has 1 aromatic heterocycles. The predicted molar refractivity (Wildman–Crippen MR) is 88.0 cm³/mol. The molecule has 0 bridgehead atoms. The first-order valence-electron chi connectivity index (χ1n) is 7.17. The number of aromatic nitrogens is 1. The Labute approximate surface area is 134 Å². The van der Waals surface area contributed by atoms with Gasteiger partial charge in [0.2, 0.25) is 0 Å². The number of hydrazone groups is 1. The summed E-state index contributed by atoms with van der Waals surface area (Å²) in [7, 11) is 1.47. The zero-order valence-electron chi connectivity index (χ0n) is 13.3. The van der Waals surface area contributed by atoms with E-state index in [-0.39, 0.29) is 17.6 Å². The van der Waals surface area contributed by atoms with E-state index < -0.39 is 0 Å². The number of benzene rings is 1. The van der Waals surface area contributed by atoms with E-state index in [1.54, 1.807) is 30.5 Å². The van der Waals surface area contributed by atoms with E-state index in [1.807, 2.05) is 13.8 Å². The molecule has 2 rings (SSSR count). The molecule has 6 nitrogen and oxygen atoms in total. The number of hydrogen-bond donors (Lipinski definition) is 2. The first kappa shape index (κ1) is 16.5. The van der Waals surface area contributed by atoms with Gasteiger partial charge in [0.1, 0.15) is 0 Å². The van der Waals surface area contributed by atoms with Crippen molar-refractivity contribution in [1.29, 1.82) is 0 Å². The van der Waals surface area contributed by atoms with Crippen LogP contribution in [0.2, 0.25) is 0 Å². The van der Waals surface area contributed by atoms with Crippen LogP contribution in [0.3, 0.4) is 0 Å².